The van der Waals surface area contributed by atoms with Crippen molar-refractivity contribution in [3.05, 3.63) is 64.1 Å². The lowest BCUT2D eigenvalue weighted by Crippen LogP contribution is -2.26. The second kappa shape index (κ2) is 5.93. The summed E-state index contributed by atoms with van der Waals surface area (Å²) >= 11 is 3.26. The van der Waals surface area contributed by atoms with Crippen LogP contribution in [-0.4, -0.2) is 10.9 Å². The number of nitrogens with zero attached hydrogens (tertiary/aromatic N) is 1. The van der Waals surface area contributed by atoms with Gasteiger partial charge in [0.15, 0.2) is 0 Å². The summed E-state index contributed by atoms with van der Waals surface area (Å²) in [6.45, 7) is 1.80. The van der Waals surface area contributed by atoms with Crippen LogP contribution in [-0.2, 0) is 0 Å². The van der Waals surface area contributed by atoms with Gasteiger partial charge in [-0.25, -0.2) is 4.39 Å². The third kappa shape index (κ3) is 3.61. The standard InChI is InChI=1S/C14H12BrFN2O/c1-9(10-3-2-4-13(16)6-10)18-14(19)11-5-12(15)8-17-7-11/h2-9H,1H3,(H,18,19)/t9-/m0/s1. The third-order valence-corrected chi connectivity index (χ3v) is 3.10. The molecule has 0 saturated heterocycles. The molecule has 1 aromatic heterocycles. The molecule has 0 bridgehead atoms. The molecular weight excluding hydrogens is 311 g/mol. The fourth-order valence-electron chi connectivity index (χ4n) is 1.68. The summed E-state index contributed by atoms with van der Waals surface area (Å²) in [6, 6.07) is 7.57. The van der Waals surface area contributed by atoms with Crippen molar-refractivity contribution in [1.29, 1.82) is 0 Å². The van der Waals surface area contributed by atoms with Gasteiger partial charge in [-0.05, 0) is 46.6 Å². The average Bonchev–Trinajstić information content (AvgIpc) is 2.38. The fourth-order valence-corrected chi connectivity index (χ4v) is 2.04. The Labute approximate surface area is 119 Å². The molecule has 0 fully saturated rings. The maximum Gasteiger partial charge on any atom is 0.253 e. The molecule has 0 unspecified atom stereocenters. The van der Waals surface area contributed by atoms with E-state index in [0.717, 1.165) is 10.0 Å². The number of benzene rings is 1. The zero-order chi connectivity index (χ0) is 13.8. The van der Waals surface area contributed by atoms with Gasteiger partial charge < -0.3 is 5.32 Å². The molecule has 1 aromatic carbocycles. The summed E-state index contributed by atoms with van der Waals surface area (Å²) < 4.78 is 13.8. The monoisotopic (exact) mass is 322 g/mol. The average molecular weight is 323 g/mol. The van der Waals surface area contributed by atoms with Gasteiger partial charge in [-0.3, -0.25) is 9.78 Å². The molecule has 0 saturated carbocycles. The van der Waals surface area contributed by atoms with Crippen LogP contribution in [0.2, 0.25) is 0 Å². The van der Waals surface area contributed by atoms with Gasteiger partial charge in [-0.2, -0.15) is 0 Å². The van der Waals surface area contributed by atoms with Gasteiger partial charge in [0.1, 0.15) is 5.82 Å². The van der Waals surface area contributed by atoms with Crippen LogP contribution in [0.1, 0.15) is 28.9 Å². The van der Waals surface area contributed by atoms with E-state index in [9.17, 15) is 9.18 Å². The molecule has 3 nitrogen and oxygen atoms in total. The van der Waals surface area contributed by atoms with E-state index in [1.165, 1.54) is 18.3 Å². The van der Waals surface area contributed by atoms with Crippen LogP contribution in [0.25, 0.3) is 0 Å². The summed E-state index contributed by atoms with van der Waals surface area (Å²) in [4.78, 5) is 15.9. The number of rotatable bonds is 3. The fraction of sp³-hybridized carbons (Fsp3) is 0.143. The molecule has 1 amide bonds. The van der Waals surface area contributed by atoms with Gasteiger partial charge in [0, 0.05) is 16.9 Å². The number of carbonyl (C=O) groups is 1. The first-order valence-electron chi connectivity index (χ1n) is 5.73. The molecule has 2 aromatic rings. The van der Waals surface area contributed by atoms with Crippen molar-refractivity contribution in [2.75, 3.05) is 0 Å². The van der Waals surface area contributed by atoms with Crippen LogP contribution in [0.4, 0.5) is 4.39 Å². The number of amides is 1. The highest BCUT2D eigenvalue weighted by atomic mass is 79.9. The molecule has 19 heavy (non-hydrogen) atoms. The maximum absolute atomic E-state index is 13.1. The van der Waals surface area contributed by atoms with Crippen molar-refractivity contribution in [1.82, 2.24) is 10.3 Å². The van der Waals surface area contributed by atoms with Gasteiger partial charge >= 0.3 is 0 Å². The van der Waals surface area contributed by atoms with E-state index < -0.39 is 0 Å². The van der Waals surface area contributed by atoms with E-state index in [1.807, 2.05) is 0 Å². The summed E-state index contributed by atoms with van der Waals surface area (Å²) in [7, 11) is 0. The maximum atomic E-state index is 13.1. The minimum Gasteiger partial charge on any atom is -0.345 e. The highest BCUT2D eigenvalue weighted by Gasteiger charge is 2.12. The lowest BCUT2D eigenvalue weighted by Gasteiger charge is -2.14. The van der Waals surface area contributed by atoms with Crippen LogP contribution in [0.3, 0.4) is 0 Å². The Morgan fingerprint density at radius 1 is 1.37 bits per heavy atom. The largest absolute Gasteiger partial charge is 0.345 e. The first-order valence-corrected chi connectivity index (χ1v) is 6.52. The van der Waals surface area contributed by atoms with Crippen molar-refractivity contribution in [2.45, 2.75) is 13.0 Å². The predicted molar refractivity (Wildman–Crippen MR) is 74.2 cm³/mol. The van der Waals surface area contributed by atoms with Crippen LogP contribution in [0.5, 0.6) is 0 Å². The summed E-state index contributed by atoms with van der Waals surface area (Å²) in [5.74, 6) is -0.562. The van der Waals surface area contributed by atoms with Gasteiger partial charge in [0.05, 0.1) is 11.6 Å². The topological polar surface area (TPSA) is 42.0 Å². The van der Waals surface area contributed by atoms with Crippen LogP contribution >= 0.6 is 15.9 Å². The van der Waals surface area contributed by atoms with Crippen molar-refractivity contribution >= 4 is 21.8 Å². The summed E-state index contributed by atoms with van der Waals surface area (Å²) in [5.41, 5.74) is 1.17. The lowest BCUT2D eigenvalue weighted by atomic mass is 10.1. The molecule has 0 radical (unpaired) electrons. The molecule has 1 atom stereocenters. The van der Waals surface area contributed by atoms with Gasteiger partial charge in [-0.15, -0.1) is 0 Å². The number of hydrogen-bond acceptors (Lipinski definition) is 2. The van der Waals surface area contributed by atoms with Crippen LogP contribution in [0.15, 0.2) is 47.2 Å². The molecule has 0 aliphatic carbocycles. The molecule has 2 rings (SSSR count). The Morgan fingerprint density at radius 3 is 2.84 bits per heavy atom. The quantitative estimate of drug-likeness (QED) is 0.940. The Balaban J connectivity index is 2.11. The molecular formula is C14H12BrFN2O. The van der Waals surface area contributed by atoms with Crippen LogP contribution in [0, 0.1) is 5.82 Å². The smallest absolute Gasteiger partial charge is 0.253 e. The van der Waals surface area contributed by atoms with Crippen molar-refractivity contribution in [2.24, 2.45) is 0 Å². The van der Waals surface area contributed by atoms with E-state index in [2.05, 4.69) is 26.2 Å². The lowest BCUT2D eigenvalue weighted by molar-refractivity contribution is 0.0939. The van der Waals surface area contributed by atoms with Crippen LogP contribution < -0.4 is 5.32 Å². The molecule has 1 heterocycles. The highest BCUT2D eigenvalue weighted by Crippen LogP contribution is 2.15. The Morgan fingerprint density at radius 2 is 2.16 bits per heavy atom. The van der Waals surface area contributed by atoms with E-state index in [4.69, 9.17) is 0 Å². The predicted octanol–water partition coefficient (Wildman–Crippen LogP) is 3.47. The van der Waals surface area contributed by atoms with Gasteiger partial charge in [0.2, 0.25) is 0 Å². The number of hydrogen-bond donors (Lipinski definition) is 1. The molecule has 0 aliphatic rings. The number of halogens is 2. The molecule has 5 heteroatoms. The zero-order valence-corrected chi connectivity index (χ0v) is 11.8. The Bertz CT molecular complexity index is 604. The minimum absolute atomic E-state index is 0.245. The Kier molecular flexibility index (Phi) is 4.27. The SMILES string of the molecule is C[C@H](NC(=O)c1cncc(Br)c1)c1cccc(F)c1. The van der Waals surface area contributed by atoms with Crippen molar-refractivity contribution < 1.29 is 9.18 Å². The minimum atomic E-state index is -0.317. The molecule has 98 valence electrons. The normalized spacial score (nSPS) is 11.9. The number of aromatic nitrogens is 1. The first kappa shape index (κ1) is 13.7. The second-order valence-corrected chi connectivity index (χ2v) is 5.06. The molecule has 0 spiro atoms. The van der Waals surface area contributed by atoms with Crippen molar-refractivity contribution in [3.8, 4) is 0 Å². The van der Waals surface area contributed by atoms with Gasteiger partial charge in [-0.1, -0.05) is 12.1 Å². The number of carbonyl (C=O) groups excluding carboxylic acids is 1. The molecule has 0 aliphatic heterocycles. The molecule has 1 N–H and O–H groups in total. The zero-order valence-electron chi connectivity index (χ0n) is 10.2. The third-order valence-electron chi connectivity index (χ3n) is 2.66. The summed E-state index contributed by atoms with van der Waals surface area (Å²) in [5, 5.41) is 2.80. The van der Waals surface area contributed by atoms with E-state index in [-0.39, 0.29) is 17.8 Å². The van der Waals surface area contributed by atoms with E-state index in [1.54, 1.807) is 31.3 Å². The number of pyridine rings is 1. The van der Waals surface area contributed by atoms with Gasteiger partial charge in [0.25, 0.3) is 5.91 Å². The summed E-state index contributed by atoms with van der Waals surface area (Å²) in [6.07, 6.45) is 3.09. The first-order chi connectivity index (χ1) is 9.06. The highest BCUT2D eigenvalue weighted by molar-refractivity contribution is 9.10. The Hall–Kier alpha value is -1.75. The van der Waals surface area contributed by atoms with Crippen molar-refractivity contribution in [3.63, 3.8) is 0 Å². The van der Waals surface area contributed by atoms with E-state index >= 15 is 0 Å². The second-order valence-electron chi connectivity index (χ2n) is 4.14. The van der Waals surface area contributed by atoms with E-state index in [0.29, 0.717) is 5.56 Å². The number of nitrogens with one attached hydrogen (secondary N) is 1.